The lowest BCUT2D eigenvalue weighted by molar-refractivity contribution is -0.142. The van der Waals surface area contributed by atoms with Gasteiger partial charge < -0.3 is 5.11 Å². The second kappa shape index (κ2) is 5.11. The van der Waals surface area contributed by atoms with Gasteiger partial charge >= 0.3 is 5.97 Å². The monoisotopic (exact) mass is 266 g/mol. The summed E-state index contributed by atoms with van der Waals surface area (Å²) in [7, 11) is 0. The molecule has 1 saturated carbocycles. The lowest BCUT2D eigenvalue weighted by atomic mass is 9.88. The molecule has 1 aromatic rings. The van der Waals surface area contributed by atoms with Crippen LogP contribution in [0.5, 0.6) is 0 Å². The molecule has 3 nitrogen and oxygen atoms in total. The van der Waals surface area contributed by atoms with E-state index in [1.165, 1.54) is 0 Å². The maximum absolute atomic E-state index is 12.3. The van der Waals surface area contributed by atoms with E-state index < -0.39 is 17.8 Å². The Kier molecular flexibility index (Phi) is 3.71. The summed E-state index contributed by atoms with van der Waals surface area (Å²) in [6.45, 7) is 1.99. The van der Waals surface area contributed by atoms with E-state index in [1.54, 1.807) is 24.3 Å². The van der Waals surface area contributed by atoms with Gasteiger partial charge in [-0.05, 0) is 43.0 Å². The van der Waals surface area contributed by atoms with Gasteiger partial charge in [0.1, 0.15) is 0 Å². The molecule has 0 heterocycles. The minimum absolute atomic E-state index is 0.0802. The highest BCUT2D eigenvalue weighted by molar-refractivity contribution is 6.30. The molecule has 96 valence electrons. The first kappa shape index (κ1) is 13.1. The molecule has 2 rings (SSSR count). The Labute approximate surface area is 111 Å². The number of Topliss-reactive ketones (excluding diaryl/α,β-unsaturated/α-hetero) is 1. The number of carbonyl (C=O) groups is 2. The highest BCUT2D eigenvalue weighted by Crippen LogP contribution is 2.38. The van der Waals surface area contributed by atoms with Crippen LogP contribution in [0.1, 0.15) is 30.1 Å². The third-order valence-corrected chi connectivity index (χ3v) is 3.83. The molecule has 3 unspecified atom stereocenters. The molecule has 0 spiro atoms. The Balaban J connectivity index is 2.22. The van der Waals surface area contributed by atoms with E-state index in [4.69, 9.17) is 16.7 Å². The normalized spacial score (nSPS) is 27.1. The van der Waals surface area contributed by atoms with Gasteiger partial charge in [-0.1, -0.05) is 18.5 Å². The third kappa shape index (κ3) is 2.56. The Bertz CT molecular complexity index is 466. The number of rotatable bonds is 3. The van der Waals surface area contributed by atoms with E-state index in [0.29, 0.717) is 23.4 Å². The minimum atomic E-state index is -0.869. The second-order valence-electron chi connectivity index (χ2n) is 5.00. The van der Waals surface area contributed by atoms with Gasteiger partial charge in [-0.2, -0.15) is 0 Å². The van der Waals surface area contributed by atoms with Crippen molar-refractivity contribution in [2.45, 2.75) is 19.8 Å². The van der Waals surface area contributed by atoms with E-state index >= 15 is 0 Å². The van der Waals surface area contributed by atoms with Gasteiger partial charge in [0.25, 0.3) is 0 Å². The lowest BCUT2D eigenvalue weighted by Gasteiger charge is -2.14. The fourth-order valence-corrected chi connectivity index (χ4v) is 2.81. The second-order valence-corrected chi connectivity index (χ2v) is 5.44. The molecule has 0 radical (unpaired) electrons. The van der Waals surface area contributed by atoms with Crippen molar-refractivity contribution >= 4 is 23.4 Å². The van der Waals surface area contributed by atoms with Crippen LogP contribution >= 0.6 is 11.6 Å². The molecule has 0 aliphatic heterocycles. The molecule has 1 N–H and O–H groups in total. The van der Waals surface area contributed by atoms with Crippen LogP contribution in [0.4, 0.5) is 0 Å². The molecular formula is C14H15ClO3. The minimum Gasteiger partial charge on any atom is -0.481 e. The SMILES string of the molecule is CC1CC(C(=O)O)C(C(=O)c2ccc(Cl)cc2)C1. The first-order valence-corrected chi connectivity index (χ1v) is 6.39. The quantitative estimate of drug-likeness (QED) is 0.855. The number of carbonyl (C=O) groups excluding carboxylic acids is 1. The summed E-state index contributed by atoms with van der Waals surface area (Å²) >= 11 is 5.77. The van der Waals surface area contributed by atoms with Crippen LogP contribution in [-0.4, -0.2) is 16.9 Å². The van der Waals surface area contributed by atoms with Crippen LogP contribution < -0.4 is 0 Å². The maximum Gasteiger partial charge on any atom is 0.307 e. The fourth-order valence-electron chi connectivity index (χ4n) is 2.68. The predicted molar refractivity (Wildman–Crippen MR) is 68.8 cm³/mol. The Morgan fingerprint density at radius 1 is 1.17 bits per heavy atom. The number of aliphatic carboxylic acids is 1. The Hall–Kier alpha value is -1.35. The van der Waals surface area contributed by atoms with E-state index in [9.17, 15) is 9.59 Å². The number of benzene rings is 1. The topological polar surface area (TPSA) is 54.4 Å². The number of ketones is 1. The van der Waals surface area contributed by atoms with Gasteiger partial charge in [-0.3, -0.25) is 9.59 Å². The maximum atomic E-state index is 12.3. The van der Waals surface area contributed by atoms with Crippen LogP contribution in [0.3, 0.4) is 0 Å². The zero-order valence-corrected chi connectivity index (χ0v) is 10.9. The third-order valence-electron chi connectivity index (χ3n) is 3.58. The Morgan fingerprint density at radius 3 is 2.28 bits per heavy atom. The molecule has 1 aliphatic carbocycles. The molecule has 1 fully saturated rings. The highest BCUT2D eigenvalue weighted by Gasteiger charge is 2.41. The molecule has 0 aromatic heterocycles. The average Bonchev–Trinajstić information content (AvgIpc) is 2.71. The van der Waals surface area contributed by atoms with Crippen molar-refractivity contribution in [3.8, 4) is 0 Å². The van der Waals surface area contributed by atoms with Gasteiger partial charge in [-0.25, -0.2) is 0 Å². The summed E-state index contributed by atoms with van der Waals surface area (Å²) in [5, 5.41) is 9.74. The lowest BCUT2D eigenvalue weighted by Crippen LogP contribution is -2.25. The van der Waals surface area contributed by atoms with Crippen LogP contribution in [0.25, 0.3) is 0 Å². The van der Waals surface area contributed by atoms with Crippen molar-refractivity contribution in [3.05, 3.63) is 34.9 Å². The fraction of sp³-hybridized carbons (Fsp3) is 0.429. The van der Waals surface area contributed by atoms with Crippen molar-refractivity contribution in [1.82, 2.24) is 0 Å². The first-order valence-electron chi connectivity index (χ1n) is 6.01. The molecule has 1 aliphatic rings. The van der Waals surface area contributed by atoms with Crippen molar-refractivity contribution < 1.29 is 14.7 Å². The summed E-state index contributed by atoms with van der Waals surface area (Å²) < 4.78 is 0. The summed E-state index contributed by atoms with van der Waals surface area (Å²) in [6.07, 6.45) is 1.23. The van der Waals surface area contributed by atoms with Gasteiger partial charge in [0.2, 0.25) is 0 Å². The van der Waals surface area contributed by atoms with Crippen LogP contribution in [0.2, 0.25) is 5.02 Å². The molecule has 18 heavy (non-hydrogen) atoms. The van der Waals surface area contributed by atoms with Crippen molar-refractivity contribution in [3.63, 3.8) is 0 Å². The molecular weight excluding hydrogens is 252 g/mol. The molecule has 1 aromatic carbocycles. The Morgan fingerprint density at radius 2 is 1.72 bits per heavy atom. The smallest absolute Gasteiger partial charge is 0.307 e. The zero-order chi connectivity index (χ0) is 13.3. The van der Waals surface area contributed by atoms with Gasteiger partial charge in [0.15, 0.2) is 5.78 Å². The van der Waals surface area contributed by atoms with Crippen LogP contribution in [-0.2, 0) is 4.79 Å². The van der Waals surface area contributed by atoms with Crippen molar-refractivity contribution in [2.24, 2.45) is 17.8 Å². The molecule has 0 amide bonds. The van der Waals surface area contributed by atoms with E-state index in [1.807, 2.05) is 6.92 Å². The summed E-state index contributed by atoms with van der Waals surface area (Å²) in [6, 6.07) is 6.63. The van der Waals surface area contributed by atoms with Crippen molar-refractivity contribution in [2.75, 3.05) is 0 Å². The molecule has 0 bridgehead atoms. The molecule has 0 saturated heterocycles. The number of carboxylic acids is 1. The first-order chi connectivity index (χ1) is 8.49. The van der Waals surface area contributed by atoms with Gasteiger partial charge in [0.05, 0.1) is 5.92 Å². The predicted octanol–water partition coefficient (Wildman–Crippen LogP) is 3.27. The summed E-state index contributed by atoms with van der Waals surface area (Å²) in [4.78, 5) is 23.5. The van der Waals surface area contributed by atoms with Gasteiger partial charge in [0, 0.05) is 16.5 Å². The van der Waals surface area contributed by atoms with E-state index in [-0.39, 0.29) is 11.7 Å². The average molecular weight is 267 g/mol. The zero-order valence-electron chi connectivity index (χ0n) is 10.1. The number of hydrogen-bond donors (Lipinski definition) is 1. The van der Waals surface area contributed by atoms with Gasteiger partial charge in [-0.15, -0.1) is 0 Å². The largest absolute Gasteiger partial charge is 0.481 e. The van der Waals surface area contributed by atoms with E-state index in [0.717, 1.165) is 0 Å². The number of hydrogen-bond acceptors (Lipinski definition) is 2. The molecule has 3 atom stereocenters. The van der Waals surface area contributed by atoms with E-state index in [2.05, 4.69) is 0 Å². The standard InChI is InChI=1S/C14H15ClO3/c1-8-6-11(12(7-8)14(17)18)13(16)9-2-4-10(15)5-3-9/h2-5,8,11-12H,6-7H2,1H3,(H,17,18). The van der Waals surface area contributed by atoms with Crippen LogP contribution in [0, 0.1) is 17.8 Å². The number of halogens is 1. The van der Waals surface area contributed by atoms with Crippen molar-refractivity contribution in [1.29, 1.82) is 0 Å². The summed E-state index contributed by atoms with van der Waals surface area (Å²) in [5.74, 6) is -1.62. The molecule has 4 heteroatoms. The van der Waals surface area contributed by atoms with Crippen LogP contribution in [0.15, 0.2) is 24.3 Å². The summed E-state index contributed by atoms with van der Waals surface area (Å²) in [5.41, 5.74) is 0.546. The number of carboxylic acid groups (broad SMARTS) is 1. The highest BCUT2D eigenvalue weighted by atomic mass is 35.5.